The monoisotopic (exact) mass is 317 g/mol. The summed E-state index contributed by atoms with van der Waals surface area (Å²) >= 11 is 3.31. The van der Waals surface area contributed by atoms with Gasteiger partial charge >= 0.3 is 5.97 Å². The van der Waals surface area contributed by atoms with Crippen LogP contribution in [0.15, 0.2) is 28.7 Å². The molecule has 6 heteroatoms. The number of benzene rings is 1. The van der Waals surface area contributed by atoms with Crippen LogP contribution in [-0.4, -0.2) is 41.5 Å². The third-order valence-corrected chi connectivity index (χ3v) is 2.81. The van der Waals surface area contributed by atoms with Crippen LogP contribution >= 0.6 is 15.9 Å². The zero-order chi connectivity index (χ0) is 13.5. The molecular formula is C12H16BrNO4. The SMILES string of the molecule is C[C@@H](NC[C@@H](O)COc1ccc(Br)cc1)C(=O)O. The average molecular weight is 318 g/mol. The molecule has 0 saturated heterocycles. The van der Waals surface area contributed by atoms with Gasteiger partial charge in [-0.1, -0.05) is 15.9 Å². The van der Waals surface area contributed by atoms with E-state index in [1.54, 1.807) is 12.1 Å². The highest BCUT2D eigenvalue weighted by Gasteiger charge is 2.12. The van der Waals surface area contributed by atoms with Crippen molar-refractivity contribution < 1.29 is 19.7 Å². The van der Waals surface area contributed by atoms with Crippen LogP contribution in [0.4, 0.5) is 0 Å². The zero-order valence-electron chi connectivity index (χ0n) is 9.97. The number of ether oxygens (including phenoxy) is 1. The minimum atomic E-state index is -0.948. The number of hydrogen-bond donors (Lipinski definition) is 3. The predicted molar refractivity (Wildman–Crippen MR) is 70.7 cm³/mol. The summed E-state index contributed by atoms with van der Waals surface area (Å²) in [4.78, 5) is 10.5. The topological polar surface area (TPSA) is 78.8 Å². The van der Waals surface area contributed by atoms with Gasteiger partial charge in [-0.15, -0.1) is 0 Å². The van der Waals surface area contributed by atoms with Crippen molar-refractivity contribution in [2.75, 3.05) is 13.2 Å². The fraction of sp³-hybridized carbons (Fsp3) is 0.417. The van der Waals surface area contributed by atoms with Crippen LogP contribution < -0.4 is 10.1 Å². The molecule has 18 heavy (non-hydrogen) atoms. The van der Waals surface area contributed by atoms with Crippen molar-refractivity contribution in [1.82, 2.24) is 5.32 Å². The second-order valence-electron chi connectivity index (χ2n) is 3.89. The first kappa shape index (κ1) is 14.9. The molecule has 3 N–H and O–H groups in total. The number of carboxylic acid groups (broad SMARTS) is 1. The number of nitrogens with one attached hydrogen (secondary N) is 1. The van der Waals surface area contributed by atoms with Gasteiger partial charge in [0, 0.05) is 11.0 Å². The highest BCUT2D eigenvalue weighted by Crippen LogP contribution is 2.16. The lowest BCUT2D eigenvalue weighted by Gasteiger charge is -2.15. The Morgan fingerprint density at radius 2 is 2.06 bits per heavy atom. The van der Waals surface area contributed by atoms with Crippen LogP contribution in [0.2, 0.25) is 0 Å². The van der Waals surface area contributed by atoms with Crippen molar-refractivity contribution in [2.45, 2.75) is 19.1 Å². The molecule has 0 aromatic heterocycles. The van der Waals surface area contributed by atoms with E-state index in [-0.39, 0.29) is 13.2 Å². The summed E-state index contributed by atoms with van der Waals surface area (Å²) in [6.07, 6.45) is -0.754. The molecular weight excluding hydrogens is 302 g/mol. The van der Waals surface area contributed by atoms with Crippen molar-refractivity contribution in [3.05, 3.63) is 28.7 Å². The summed E-state index contributed by atoms with van der Waals surface area (Å²) in [6.45, 7) is 1.80. The van der Waals surface area contributed by atoms with Gasteiger partial charge in [0.25, 0.3) is 0 Å². The lowest BCUT2D eigenvalue weighted by molar-refractivity contribution is -0.139. The van der Waals surface area contributed by atoms with Crippen LogP contribution in [0.1, 0.15) is 6.92 Å². The van der Waals surface area contributed by atoms with Gasteiger partial charge in [0.15, 0.2) is 0 Å². The van der Waals surface area contributed by atoms with Gasteiger partial charge in [-0.3, -0.25) is 4.79 Å². The predicted octanol–water partition coefficient (Wildman–Crippen LogP) is 1.25. The molecule has 0 aliphatic carbocycles. The Morgan fingerprint density at radius 3 is 2.61 bits per heavy atom. The summed E-state index contributed by atoms with van der Waals surface area (Å²) in [6, 6.07) is 6.56. The molecule has 0 aliphatic rings. The number of carboxylic acids is 1. The maximum absolute atomic E-state index is 10.5. The molecule has 1 aromatic carbocycles. The van der Waals surface area contributed by atoms with Gasteiger partial charge < -0.3 is 20.3 Å². The quantitative estimate of drug-likeness (QED) is 0.705. The first-order valence-corrected chi connectivity index (χ1v) is 6.31. The Morgan fingerprint density at radius 1 is 1.44 bits per heavy atom. The van der Waals surface area contributed by atoms with Gasteiger partial charge in [-0.05, 0) is 31.2 Å². The van der Waals surface area contributed by atoms with Gasteiger partial charge in [-0.25, -0.2) is 0 Å². The van der Waals surface area contributed by atoms with Gasteiger partial charge in [0.05, 0.1) is 0 Å². The van der Waals surface area contributed by atoms with Crippen LogP contribution in [0.25, 0.3) is 0 Å². The number of aliphatic hydroxyl groups excluding tert-OH is 1. The lowest BCUT2D eigenvalue weighted by atomic mass is 10.3. The van der Waals surface area contributed by atoms with Crippen molar-refractivity contribution in [3.63, 3.8) is 0 Å². The van der Waals surface area contributed by atoms with E-state index in [1.807, 2.05) is 12.1 Å². The number of hydrogen-bond acceptors (Lipinski definition) is 4. The molecule has 0 amide bonds. The summed E-state index contributed by atoms with van der Waals surface area (Å²) in [5.41, 5.74) is 0. The molecule has 0 heterocycles. The van der Waals surface area contributed by atoms with Crippen LogP contribution in [0.5, 0.6) is 5.75 Å². The van der Waals surface area contributed by atoms with E-state index < -0.39 is 18.1 Å². The second-order valence-corrected chi connectivity index (χ2v) is 4.80. The third-order valence-electron chi connectivity index (χ3n) is 2.29. The van der Waals surface area contributed by atoms with E-state index in [2.05, 4.69) is 21.2 Å². The summed E-state index contributed by atoms with van der Waals surface area (Å²) < 4.78 is 6.31. The number of halogens is 1. The molecule has 1 aromatic rings. The van der Waals surface area contributed by atoms with Crippen molar-refractivity contribution in [3.8, 4) is 5.75 Å². The molecule has 0 saturated carbocycles. The lowest BCUT2D eigenvalue weighted by Crippen LogP contribution is -2.40. The molecule has 0 bridgehead atoms. The standard InChI is InChI=1S/C12H16BrNO4/c1-8(12(16)17)14-6-10(15)7-18-11-4-2-9(13)3-5-11/h2-5,8,10,14-15H,6-7H2,1H3,(H,16,17)/t8-,10-/m1/s1. The summed E-state index contributed by atoms with van der Waals surface area (Å²) in [5.74, 6) is -0.292. The fourth-order valence-corrected chi connectivity index (χ4v) is 1.45. The summed E-state index contributed by atoms with van der Waals surface area (Å²) in [7, 11) is 0. The van der Waals surface area contributed by atoms with Crippen LogP contribution in [-0.2, 0) is 4.79 Å². The van der Waals surface area contributed by atoms with E-state index in [9.17, 15) is 9.90 Å². The smallest absolute Gasteiger partial charge is 0.320 e. The van der Waals surface area contributed by atoms with Crippen molar-refractivity contribution >= 4 is 21.9 Å². The Balaban J connectivity index is 2.26. The molecule has 0 unspecified atom stereocenters. The van der Waals surface area contributed by atoms with Crippen LogP contribution in [0.3, 0.4) is 0 Å². The normalized spacial score (nSPS) is 13.9. The number of aliphatic hydroxyl groups is 1. The molecule has 5 nitrogen and oxygen atoms in total. The van der Waals surface area contributed by atoms with E-state index in [0.717, 1.165) is 4.47 Å². The van der Waals surface area contributed by atoms with E-state index in [0.29, 0.717) is 5.75 Å². The third kappa shape index (κ3) is 5.48. The van der Waals surface area contributed by atoms with E-state index in [4.69, 9.17) is 9.84 Å². The fourth-order valence-electron chi connectivity index (χ4n) is 1.18. The summed E-state index contributed by atoms with van der Waals surface area (Å²) in [5, 5.41) is 20.9. The largest absolute Gasteiger partial charge is 0.491 e. The zero-order valence-corrected chi connectivity index (χ0v) is 11.6. The molecule has 0 fully saturated rings. The average Bonchev–Trinajstić information content (AvgIpc) is 2.35. The van der Waals surface area contributed by atoms with E-state index in [1.165, 1.54) is 6.92 Å². The van der Waals surface area contributed by atoms with Crippen LogP contribution in [0, 0.1) is 0 Å². The molecule has 100 valence electrons. The Hall–Kier alpha value is -1.11. The van der Waals surface area contributed by atoms with E-state index >= 15 is 0 Å². The molecule has 0 aliphatic heterocycles. The van der Waals surface area contributed by atoms with Gasteiger partial charge in [0.1, 0.15) is 24.5 Å². The number of aliphatic carboxylic acids is 1. The molecule has 1 rings (SSSR count). The van der Waals surface area contributed by atoms with Gasteiger partial charge in [0.2, 0.25) is 0 Å². The highest BCUT2D eigenvalue weighted by molar-refractivity contribution is 9.10. The molecule has 0 spiro atoms. The molecule has 0 radical (unpaired) electrons. The van der Waals surface area contributed by atoms with Crippen molar-refractivity contribution in [2.24, 2.45) is 0 Å². The number of carbonyl (C=O) groups is 1. The minimum absolute atomic E-state index is 0.112. The second kappa shape index (κ2) is 7.35. The first-order valence-electron chi connectivity index (χ1n) is 5.51. The Bertz CT molecular complexity index is 382. The van der Waals surface area contributed by atoms with Crippen molar-refractivity contribution in [1.29, 1.82) is 0 Å². The molecule has 2 atom stereocenters. The maximum Gasteiger partial charge on any atom is 0.320 e. The van der Waals surface area contributed by atoms with Gasteiger partial charge in [-0.2, -0.15) is 0 Å². The Kier molecular flexibility index (Phi) is 6.11. The number of rotatable bonds is 7. The maximum atomic E-state index is 10.5. The highest BCUT2D eigenvalue weighted by atomic mass is 79.9. The Labute approximate surface area is 114 Å². The minimum Gasteiger partial charge on any atom is -0.491 e. The first-order chi connectivity index (χ1) is 8.49.